The van der Waals surface area contributed by atoms with E-state index >= 15 is 0 Å². The average molecular weight is 280 g/mol. The number of carbonyl (C=O) groups is 2. The highest BCUT2D eigenvalue weighted by molar-refractivity contribution is 6.34. The Balaban J connectivity index is 2.28. The van der Waals surface area contributed by atoms with Crippen molar-refractivity contribution in [2.24, 2.45) is 11.8 Å². The SMILES string of the molecule is O=C1c2cncc(O)c2C(=O)C2C(Cl)=CC=C(F)C12. The van der Waals surface area contributed by atoms with Crippen LogP contribution in [0.4, 0.5) is 4.39 Å². The highest BCUT2D eigenvalue weighted by Crippen LogP contribution is 2.44. The van der Waals surface area contributed by atoms with E-state index in [2.05, 4.69) is 4.98 Å². The maximum absolute atomic E-state index is 13.8. The lowest BCUT2D eigenvalue weighted by Crippen LogP contribution is -2.38. The molecule has 2 aliphatic carbocycles. The number of halogens is 2. The zero-order valence-corrected chi connectivity index (χ0v) is 10.2. The van der Waals surface area contributed by atoms with Crippen LogP contribution in [0.3, 0.4) is 0 Å². The van der Waals surface area contributed by atoms with Gasteiger partial charge < -0.3 is 5.11 Å². The number of Topliss-reactive ketones (excluding diaryl/α,β-unsaturated/α-hetero) is 2. The number of ketones is 2. The maximum Gasteiger partial charge on any atom is 0.176 e. The van der Waals surface area contributed by atoms with E-state index < -0.39 is 35.0 Å². The molecule has 1 aromatic heterocycles. The van der Waals surface area contributed by atoms with Crippen LogP contribution in [0.1, 0.15) is 20.7 Å². The molecule has 0 saturated heterocycles. The van der Waals surface area contributed by atoms with Gasteiger partial charge in [0.1, 0.15) is 11.6 Å². The van der Waals surface area contributed by atoms with Crippen LogP contribution in [0.5, 0.6) is 5.75 Å². The number of hydrogen-bond acceptors (Lipinski definition) is 4. The molecule has 2 atom stereocenters. The highest BCUT2D eigenvalue weighted by Gasteiger charge is 2.47. The minimum absolute atomic E-state index is 0.0684. The number of aromatic nitrogens is 1. The molecular formula is C13H7ClFNO3. The first kappa shape index (κ1) is 12.0. The molecule has 3 rings (SSSR count). The van der Waals surface area contributed by atoms with Gasteiger partial charge in [0.05, 0.1) is 29.2 Å². The number of fused-ring (bicyclic) bond motifs is 2. The number of carbonyl (C=O) groups excluding carboxylic acids is 2. The minimum atomic E-state index is -1.25. The Morgan fingerprint density at radius 3 is 2.63 bits per heavy atom. The van der Waals surface area contributed by atoms with Gasteiger partial charge in [0, 0.05) is 11.2 Å². The summed E-state index contributed by atoms with van der Waals surface area (Å²) in [4.78, 5) is 28.2. The maximum atomic E-state index is 13.8. The molecule has 0 amide bonds. The van der Waals surface area contributed by atoms with Crippen molar-refractivity contribution < 1.29 is 19.1 Å². The molecule has 1 aromatic rings. The van der Waals surface area contributed by atoms with Crippen LogP contribution < -0.4 is 0 Å². The molecular weight excluding hydrogens is 273 g/mol. The molecule has 1 heterocycles. The molecule has 0 aliphatic heterocycles. The van der Waals surface area contributed by atoms with Gasteiger partial charge in [-0.3, -0.25) is 14.6 Å². The minimum Gasteiger partial charge on any atom is -0.506 e. The lowest BCUT2D eigenvalue weighted by Gasteiger charge is -2.31. The number of hydrogen-bond donors (Lipinski definition) is 1. The van der Waals surface area contributed by atoms with E-state index in [1.54, 1.807) is 0 Å². The fourth-order valence-corrected chi connectivity index (χ4v) is 2.74. The Morgan fingerprint density at radius 1 is 1.16 bits per heavy atom. The molecule has 0 bridgehead atoms. The molecule has 2 aliphatic rings. The van der Waals surface area contributed by atoms with Gasteiger partial charge in [-0.25, -0.2) is 4.39 Å². The van der Waals surface area contributed by atoms with Crippen molar-refractivity contribution in [1.82, 2.24) is 4.98 Å². The second kappa shape index (κ2) is 3.99. The summed E-state index contributed by atoms with van der Waals surface area (Å²) in [6.07, 6.45) is 4.56. The van der Waals surface area contributed by atoms with Crippen LogP contribution >= 0.6 is 11.6 Å². The predicted molar refractivity (Wildman–Crippen MR) is 64.7 cm³/mol. The van der Waals surface area contributed by atoms with E-state index in [4.69, 9.17) is 11.6 Å². The largest absolute Gasteiger partial charge is 0.506 e. The third kappa shape index (κ3) is 1.55. The number of allylic oxidation sites excluding steroid dienone is 4. The van der Waals surface area contributed by atoms with Crippen molar-refractivity contribution in [2.45, 2.75) is 0 Å². The quantitative estimate of drug-likeness (QED) is 0.792. The van der Waals surface area contributed by atoms with Gasteiger partial charge in [-0.05, 0) is 12.2 Å². The number of nitrogens with zero attached hydrogens (tertiary/aromatic N) is 1. The van der Waals surface area contributed by atoms with Crippen LogP contribution in [0.2, 0.25) is 0 Å². The van der Waals surface area contributed by atoms with E-state index in [1.807, 2.05) is 0 Å². The van der Waals surface area contributed by atoms with E-state index in [-0.39, 0.29) is 16.2 Å². The number of pyridine rings is 1. The normalized spacial score (nSPS) is 25.4. The zero-order valence-electron chi connectivity index (χ0n) is 9.43. The summed E-state index contributed by atoms with van der Waals surface area (Å²) in [5.41, 5.74) is -0.205. The third-order valence-electron chi connectivity index (χ3n) is 3.33. The smallest absolute Gasteiger partial charge is 0.176 e. The van der Waals surface area contributed by atoms with Crippen LogP contribution in [0, 0.1) is 11.8 Å². The molecule has 0 aromatic carbocycles. The van der Waals surface area contributed by atoms with Gasteiger partial charge in [-0.1, -0.05) is 11.6 Å². The van der Waals surface area contributed by atoms with Crippen molar-refractivity contribution in [3.8, 4) is 5.75 Å². The summed E-state index contributed by atoms with van der Waals surface area (Å²) < 4.78 is 13.8. The van der Waals surface area contributed by atoms with Crippen molar-refractivity contribution in [3.05, 3.63) is 46.5 Å². The predicted octanol–water partition coefficient (Wildman–Crippen LogP) is 2.39. The van der Waals surface area contributed by atoms with Crippen molar-refractivity contribution in [3.63, 3.8) is 0 Å². The van der Waals surface area contributed by atoms with E-state index in [0.29, 0.717) is 0 Å². The fraction of sp³-hybridized carbons (Fsp3) is 0.154. The molecule has 96 valence electrons. The molecule has 2 unspecified atom stereocenters. The number of aromatic hydroxyl groups is 1. The summed E-state index contributed by atoms with van der Waals surface area (Å²) in [6, 6.07) is 0. The van der Waals surface area contributed by atoms with E-state index in [0.717, 1.165) is 18.5 Å². The summed E-state index contributed by atoms with van der Waals surface area (Å²) in [7, 11) is 0. The Hall–Kier alpha value is -2.01. The fourth-order valence-electron chi connectivity index (χ4n) is 2.46. The average Bonchev–Trinajstić information content (AvgIpc) is 2.38. The Kier molecular flexibility index (Phi) is 2.53. The molecule has 19 heavy (non-hydrogen) atoms. The first-order valence-corrected chi connectivity index (χ1v) is 5.88. The Bertz CT molecular complexity index is 680. The summed E-state index contributed by atoms with van der Waals surface area (Å²) >= 11 is 5.91. The van der Waals surface area contributed by atoms with Gasteiger partial charge in [-0.15, -0.1) is 0 Å². The third-order valence-corrected chi connectivity index (χ3v) is 3.69. The molecule has 0 radical (unpaired) electrons. The molecule has 0 fully saturated rings. The second-order valence-electron chi connectivity index (χ2n) is 4.37. The Morgan fingerprint density at radius 2 is 1.89 bits per heavy atom. The number of rotatable bonds is 0. The van der Waals surface area contributed by atoms with E-state index in [1.165, 1.54) is 6.08 Å². The first-order valence-electron chi connectivity index (χ1n) is 5.50. The lowest BCUT2D eigenvalue weighted by molar-refractivity contribution is 0.0770. The summed E-state index contributed by atoms with van der Waals surface area (Å²) in [5, 5.41) is 9.77. The molecule has 1 N–H and O–H groups in total. The van der Waals surface area contributed by atoms with Crippen molar-refractivity contribution in [1.29, 1.82) is 0 Å². The molecule has 0 saturated carbocycles. The van der Waals surface area contributed by atoms with Crippen LogP contribution in [-0.4, -0.2) is 21.7 Å². The molecule has 0 spiro atoms. The monoisotopic (exact) mass is 279 g/mol. The van der Waals surface area contributed by atoms with Crippen LogP contribution in [0.15, 0.2) is 35.4 Å². The van der Waals surface area contributed by atoms with E-state index in [9.17, 15) is 19.1 Å². The van der Waals surface area contributed by atoms with Gasteiger partial charge in [-0.2, -0.15) is 0 Å². The zero-order chi connectivity index (χ0) is 13.7. The molecule has 4 nitrogen and oxygen atoms in total. The summed E-state index contributed by atoms with van der Waals surface area (Å²) in [6.45, 7) is 0. The second-order valence-corrected chi connectivity index (χ2v) is 4.80. The van der Waals surface area contributed by atoms with Crippen molar-refractivity contribution in [2.75, 3.05) is 0 Å². The van der Waals surface area contributed by atoms with Crippen LogP contribution in [-0.2, 0) is 0 Å². The van der Waals surface area contributed by atoms with Gasteiger partial charge in [0.15, 0.2) is 11.6 Å². The van der Waals surface area contributed by atoms with Gasteiger partial charge in [0.2, 0.25) is 0 Å². The van der Waals surface area contributed by atoms with Gasteiger partial charge >= 0.3 is 0 Å². The standard InChI is InChI=1S/C13H7ClFNO3/c14-6-1-2-7(15)11-10(6)13(19)9-5(12(11)18)3-16-4-8(9)17/h1-4,10-11,17H. The van der Waals surface area contributed by atoms with Gasteiger partial charge in [0.25, 0.3) is 0 Å². The highest BCUT2D eigenvalue weighted by atomic mass is 35.5. The molecule has 6 heteroatoms. The summed E-state index contributed by atoms with van der Waals surface area (Å²) in [5.74, 6) is -4.61. The lowest BCUT2D eigenvalue weighted by atomic mass is 9.72. The topological polar surface area (TPSA) is 67.3 Å². The first-order chi connectivity index (χ1) is 9.02. The Labute approximate surface area is 112 Å². The van der Waals surface area contributed by atoms with Crippen molar-refractivity contribution >= 4 is 23.2 Å². The van der Waals surface area contributed by atoms with Crippen LogP contribution in [0.25, 0.3) is 0 Å².